The molecule has 2 N–H and O–H groups in total. The molecular weight excluding hydrogens is 748 g/mol. The number of allylic oxidation sites excluding steroid dienone is 2. The number of nitrogens with zero attached hydrogens (tertiary/aromatic N) is 10. The van der Waals surface area contributed by atoms with Crippen molar-refractivity contribution in [1.82, 2.24) is 38.3 Å². The molecule has 0 radical (unpaired) electrons. The number of aryl methyl sites for hydroxylation is 1. The van der Waals surface area contributed by atoms with Gasteiger partial charge in [0.1, 0.15) is 22.2 Å². The quantitative estimate of drug-likeness (QED) is 0.148. The summed E-state index contributed by atoms with van der Waals surface area (Å²) in [5.74, 6) is -6.44. The van der Waals surface area contributed by atoms with Crippen LogP contribution in [0, 0.1) is 6.92 Å². The highest BCUT2D eigenvalue weighted by atomic mass is 16.3. The summed E-state index contributed by atoms with van der Waals surface area (Å²) in [6.07, 6.45) is 1.33. The van der Waals surface area contributed by atoms with Gasteiger partial charge in [0.05, 0.1) is 14.1 Å². The van der Waals surface area contributed by atoms with Gasteiger partial charge < -0.3 is 15.1 Å². The summed E-state index contributed by atoms with van der Waals surface area (Å²) in [6, 6.07) is 1.07. The Morgan fingerprint density at radius 1 is 0.702 bits per heavy atom. The number of imide groups is 4. The van der Waals surface area contributed by atoms with Gasteiger partial charge in [0.25, 0.3) is 35.1 Å². The molecule has 0 spiro atoms. The molecule has 0 saturated carbocycles. The van der Waals surface area contributed by atoms with E-state index in [1.165, 1.54) is 12.3 Å². The van der Waals surface area contributed by atoms with Gasteiger partial charge in [-0.3, -0.25) is 52.7 Å². The molecule has 0 unspecified atom stereocenters. The fourth-order valence-corrected chi connectivity index (χ4v) is 6.97. The first-order valence-electron chi connectivity index (χ1n) is 17.1. The average Bonchev–Trinajstić information content (AvgIpc) is 3.19. The van der Waals surface area contributed by atoms with Crippen molar-refractivity contribution >= 4 is 58.2 Å². The van der Waals surface area contributed by atoms with Crippen LogP contribution in [0.4, 0.5) is 15.4 Å². The molecular formula is C36H37N10O11+. The van der Waals surface area contributed by atoms with Gasteiger partial charge in [0.15, 0.2) is 10.9 Å². The number of barbiturate groups is 2. The molecule has 0 bridgehead atoms. The summed E-state index contributed by atoms with van der Waals surface area (Å²) in [6.45, 7) is 3.53. The Morgan fingerprint density at radius 2 is 1.21 bits per heavy atom. The number of carbonyl (C=O) groups excluding carboxylic acids is 6. The molecule has 296 valence electrons. The number of hydrogen-bond donors (Lipinski definition) is 2. The standard InChI is InChI=1S/C36H36N10O11/c1-11-46-14-17(18(16-13-12-15(2)37-25(16)46)21-27(48)40(5)34(55)41(6)28(21)49)19(22-29(50)42(7)35(56)43(8)30(22)51)20-24(38(3)33(54)39(4)26(20)47)23-31(52)44(9)36(57)45(10)32(23)53/h12-14H,11H2,1-10H3,(H,47,50,51,52,53)/p+1. The lowest BCUT2D eigenvalue weighted by Crippen LogP contribution is -2.64. The summed E-state index contributed by atoms with van der Waals surface area (Å²) in [7, 11) is 8.87. The lowest BCUT2D eigenvalue weighted by molar-refractivity contribution is -0.697. The first-order chi connectivity index (χ1) is 26.6. The number of aromatic nitrogens is 5. The maximum Gasteiger partial charge on any atom is 0.500 e. The Kier molecular flexibility index (Phi) is 9.22. The molecule has 57 heavy (non-hydrogen) atoms. The topological polar surface area (TPSA) is 242 Å². The monoisotopic (exact) mass is 785 g/mol. The smallest absolute Gasteiger partial charge is 0.494 e. The number of aromatic hydroxyl groups is 2. The van der Waals surface area contributed by atoms with Crippen LogP contribution in [0.3, 0.4) is 0 Å². The summed E-state index contributed by atoms with van der Waals surface area (Å²) in [5, 5.41) is 22.7. The van der Waals surface area contributed by atoms with Crippen molar-refractivity contribution in [3.63, 3.8) is 0 Å². The van der Waals surface area contributed by atoms with E-state index in [2.05, 4.69) is 4.98 Å². The summed E-state index contributed by atoms with van der Waals surface area (Å²) in [4.78, 5) is 132. The fraction of sp³-hybridized carbons (Fsp3) is 0.306. The summed E-state index contributed by atoms with van der Waals surface area (Å²) >= 11 is 0. The van der Waals surface area contributed by atoms with Crippen molar-refractivity contribution in [2.24, 2.45) is 28.2 Å². The Balaban J connectivity index is 2.08. The van der Waals surface area contributed by atoms with E-state index in [9.17, 15) is 53.4 Å². The van der Waals surface area contributed by atoms with E-state index in [0.29, 0.717) is 39.0 Å². The average molecular weight is 786 g/mol. The van der Waals surface area contributed by atoms with Crippen molar-refractivity contribution in [1.29, 1.82) is 0 Å². The first kappa shape index (κ1) is 39.2. The molecule has 3 aromatic rings. The first-order valence-corrected chi connectivity index (χ1v) is 17.1. The second kappa shape index (κ2) is 13.4. The molecule has 2 fully saturated rings. The molecule has 21 nitrogen and oxygen atoms in total. The van der Waals surface area contributed by atoms with Gasteiger partial charge in [0.2, 0.25) is 5.88 Å². The van der Waals surface area contributed by atoms with E-state index in [1.54, 1.807) is 24.8 Å². The molecule has 8 amide bonds. The largest absolute Gasteiger partial charge is 0.500 e. The van der Waals surface area contributed by atoms with E-state index in [0.717, 1.165) is 60.9 Å². The van der Waals surface area contributed by atoms with Gasteiger partial charge in [-0.1, -0.05) is 0 Å². The minimum absolute atomic E-state index is 0.0872. The lowest BCUT2D eigenvalue weighted by atomic mass is 9.82. The molecule has 6 heterocycles. The third kappa shape index (κ3) is 5.40. The zero-order valence-corrected chi connectivity index (χ0v) is 32.5. The van der Waals surface area contributed by atoms with E-state index < -0.39 is 97.2 Å². The van der Waals surface area contributed by atoms with Gasteiger partial charge in [-0.25, -0.2) is 19.4 Å². The summed E-state index contributed by atoms with van der Waals surface area (Å²) < 4.78 is 2.79. The second-order valence-electron chi connectivity index (χ2n) is 13.5. The van der Waals surface area contributed by atoms with Crippen LogP contribution >= 0.6 is 0 Å². The van der Waals surface area contributed by atoms with Crippen LogP contribution in [-0.4, -0.2) is 119 Å². The maximum atomic E-state index is 14.5. The maximum absolute atomic E-state index is 14.5. The van der Waals surface area contributed by atoms with Crippen molar-refractivity contribution in [2.45, 2.75) is 13.8 Å². The highest BCUT2D eigenvalue weighted by Crippen LogP contribution is 2.44. The van der Waals surface area contributed by atoms with Crippen molar-refractivity contribution in [3.05, 3.63) is 88.2 Å². The molecule has 0 aliphatic carbocycles. The molecule has 0 atom stereocenters. The third-order valence-corrected chi connectivity index (χ3v) is 10.2. The number of likely N-dealkylation sites (N-methyl/N-ethyl adjacent to an activating group) is 2. The van der Waals surface area contributed by atoms with Gasteiger partial charge >= 0.3 is 23.4 Å². The fourth-order valence-electron chi connectivity index (χ4n) is 6.97. The molecule has 3 aliphatic heterocycles. The Labute approximate surface area is 321 Å². The zero-order chi connectivity index (χ0) is 42.4. The van der Waals surface area contributed by atoms with Gasteiger partial charge in [-0.05, 0) is 26.0 Å². The van der Waals surface area contributed by atoms with Crippen LogP contribution in [0.1, 0.15) is 23.7 Å². The minimum atomic E-state index is -1.22. The number of pyridine rings is 1. The number of carbonyl (C=O) groups is 6. The highest BCUT2D eigenvalue weighted by Gasteiger charge is 2.45. The van der Waals surface area contributed by atoms with Crippen LogP contribution in [0.5, 0.6) is 11.8 Å². The molecule has 0 aromatic carbocycles. The van der Waals surface area contributed by atoms with E-state index >= 15 is 0 Å². The molecule has 3 aliphatic rings. The Morgan fingerprint density at radius 3 is 1.72 bits per heavy atom. The Hall–Kier alpha value is -7.45. The normalized spacial score (nSPS) is 17.0. The highest BCUT2D eigenvalue weighted by molar-refractivity contribution is 6.45. The lowest BCUT2D eigenvalue weighted by Gasteiger charge is -2.35. The van der Waals surface area contributed by atoms with Crippen LogP contribution < -0.4 is 37.0 Å². The molecule has 6 rings (SSSR count). The van der Waals surface area contributed by atoms with Crippen LogP contribution in [0.2, 0.25) is 0 Å². The SMILES string of the molecule is CCN1C=C(C(c2c(O)n(C)c(=O)n(C)c2=O)=c2c(O)[n+](C)c(=O)n(C)c2=C2C(=O)N(C)C(=O)N(C)C2=O)C(=C2C(=O)N(C)C(=O)N(C)C2=O)c2ccc(C)nc21. The number of urea groups is 2. The number of fused-ring (bicyclic) bond motifs is 1. The van der Waals surface area contributed by atoms with E-state index in [4.69, 9.17) is 0 Å². The molecule has 2 saturated heterocycles. The van der Waals surface area contributed by atoms with Crippen molar-refractivity contribution in [3.8, 4) is 11.8 Å². The van der Waals surface area contributed by atoms with Gasteiger partial charge in [-0.15, -0.1) is 0 Å². The van der Waals surface area contributed by atoms with Crippen molar-refractivity contribution in [2.75, 3.05) is 39.6 Å². The minimum Gasteiger partial charge on any atom is -0.494 e. The van der Waals surface area contributed by atoms with Gasteiger partial charge in [-0.2, -0.15) is 13.9 Å². The zero-order valence-electron chi connectivity index (χ0n) is 32.5. The predicted molar refractivity (Wildman–Crippen MR) is 197 cm³/mol. The summed E-state index contributed by atoms with van der Waals surface area (Å²) in [5.41, 5.74) is -6.03. The predicted octanol–water partition coefficient (Wildman–Crippen LogP) is -3.65. The molecule has 3 aromatic heterocycles. The number of hydrogen-bond acceptors (Lipinski definition) is 13. The Bertz CT molecular complexity index is 2810. The third-order valence-electron chi connectivity index (χ3n) is 10.2. The van der Waals surface area contributed by atoms with E-state index in [-0.39, 0.29) is 29.1 Å². The van der Waals surface area contributed by atoms with E-state index in [1.807, 2.05) is 0 Å². The van der Waals surface area contributed by atoms with Gasteiger partial charge in [0, 0.05) is 83.0 Å². The van der Waals surface area contributed by atoms with Crippen LogP contribution in [0.15, 0.2) is 43.9 Å². The number of rotatable bonds is 3. The number of amides is 8. The van der Waals surface area contributed by atoms with Crippen molar-refractivity contribution < 1.29 is 43.5 Å². The van der Waals surface area contributed by atoms with Crippen LogP contribution in [-0.2, 0) is 47.4 Å². The molecule has 21 heteroatoms. The van der Waals surface area contributed by atoms with Crippen LogP contribution in [0.25, 0.3) is 16.7 Å². The second-order valence-corrected chi connectivity index (χ2v) is 13.5. The number of anilines is 1.